The molecule has 22 heavy (non-hydrogen) atoms. The Morgan fingerprint density at radius 2 is 2.18 bits per heavy atom. The minimum atomic E-state index is -0.627. The van der Waals surface area contributed by atoms with Crippen molar-refractivity contribution in [2.75, 3.05) is 18.0 Å². The molecule has 1 saturated carbocycles. The second kappa shape index (κ2) is 5.09. The molecule has 0 bridgehead atoms. The highest BCUT2D eigenvalue weighted by Gasteiger charge is 2.55. The summed E-state index contributed by atoms with van der Waals surface area (Å²) in [5.41, 5.74) is 1.54. The Balaban J connectivity index is 1.60. The van der Waals surface area contributed by atoms with Crippen LogP contribution in [-0.2, 0) is 4.79 Å². The number of aliphatic carboxylic acids is 1. The van der Waals surface area contributed by atoms with E-state index in [1.165, 1.54) is 0 Å². The molecule has 0 spiro atoms. The SMILES string of the molecule is O=C(O)[C@@]12CCC[C@H]1CN(c1nc(-c3ccccc3)cs1)C2. The first-order valence-electron chi connectivity index (χ1n) is 7.68. The van der Waals surface area contributed by atoms with E-state index in [2.05, 4.69) is 22.4 Å². The fourth-order valence-corrected chi connectivity index (χ4v) is 4.78. The second-order valence-corrected chi connectivity index (χ2v) is 7.15. The normalized spacial score (nSPS) is 27.1. The van der Waals surface area contributed by atoms with Crippen molar-refractivity contribution >= 4 is 22.4 Å². The van der Waals surface area contributed by atoms with Gasteiger partial charge in [0.2, 0.25) is 0 Å². The van der Waals surface area contributed by atoms with Crippen LogP contribution in [0.5, 0.6) is 0 Å². The van der Waals surface area contributed by atoms with E-state index in [9.17, 15) is 9.90 Å². The van der Waals surface area contributed by atoms with Crippen molar-refractivity contribution < 1.29 is 9.90 Å². The van der Waals surface area contributed by atoms with Crippen LogP contribution in [0.2, 0.25) is 0 Å². The van der Waals surface area contributed by atoms with Crippen LogP contribution in [0.3, 0.4) is 0 Å². The quantitative estimate of drug-likeness (QED) is 0.942. The molecule has 2 atom stereocenters. The Kier molecular flexibility index (Phi) is 3.18. The highest BCUT2D eigenvalue weighted by atomic mass is 32.1. The Morgan fingerprint density at radius 3 is 2.91 bits per heavy atom. The maximum absolute atomic E-state index is 11.8. The predicted octanol–water partition coefficient (Wildman–Crippen LogP) is 3.50. The number of rotatable bonds is 3. The van der Waals surface area contributed by atoms with E-state index < -0.39 is 11.4 Å². The van der Waals surface area contributed by atoms with Crippen LogP contribution < -0.4 is 4.90 Å². The number of nitrogens with zero attached hydrogens (tertiary/aromatic N) is 2. The van der Waals surface area contributed by atoms with Crippen LogP contribution in [0, 0.1) is 11.3 Å². The van der Waals surface area contributed by atoms with Crippen molar-refractivity contribution in [2.45, 2.75) is 19.3 Å². The smallest absolute Gasteiger partial charge is 0.311 e. The minimum Gasteiger partial charge on any atom is -0.481 e. The Hall–Kier alpha value is -1.88. The summed E-state index contributed by atoms with van der Waals surface area (Å²) < 4.78 is 0. The summed E-state index contributed by atoms with van der Waals surface area (Å²) in [4.78, 5) is 18.7. The van der Waals surface area contributed by atoms with Crippen molar-refractivity contribution in [3.63, 3.8) is 0 Å². The maximum Gasteiger partial charge on any atom is 0.311 e. The molecule has 0 radical (unpaired) electrons. The number of hydrogen-bond acceptors (Lipinski definition) is 4. The Morgan fingerprint density at radius 1 is 1.36 bits per heavy atom. The lowest BCUT2D eigenvalue weighted by Gasteiger charge is -2.23. The summed E-state index contributed by atoms with van der Waals surface area (Å²) in [6, 6.07) is 10.1. The summed E-state index contributed by atoms with van der Waals surface area (Å²) in [6.45, 7) is 1.43. The average molecular weight is 314 g/mol. The Labute approximate surface area is 133 Å². The first-order chi connectivity index (χ1) is 10.7. The van der Waals surface area contributed by atoms with Gasteiger partial charge in [-0.1, -0.05) is 36.8 Å². The lowest BCUT2D eigenvalue weighted by molar-refractivity contribution is -0.149. The van der Waals surface area contributed by atoms with Crippen molar-refractivity contribution in [1.82, 2.24) is 4.98 Å². The molecule has 2 heterocycles. The van der Waals surface area contributed by atoms with E-state index >= 15 is 0 Å². The molecule has 1 aromatic carbocycles. The number of thiazole rings is 1. The van der Waals surface area contributed by atoms with Crippen LogP contribution in [-0.4, -0.2) is 29.1 Å². The van der Waals surface area contributed by atoms with Gasteiger partial charge in [0.25, 0.3) is 0 Å². The minimum absolute atomic E-state index is 0.272. The number of carbonyl (C=O) groups is 1. The number of fused-ring (bicyclic) bond motifs is 1. The molecule has 2 aliphatic rings. The molecule has 1 aliphatic carbocycles. The van der Waals surface area contributed by atoms with Gasteiger partial charge in [0, 0.05) is 24.0 Å². The lowest BCUT2D eigenvalue weighted by atomic mass is 9.81. The van der Waals surface area contributed by atoms with Gasteiger partial charge >= 0.3 is 5.97 Å². The molecular weight excluding hydrogens is 296 g/mol. The first-order valence-corrected chi connectivity index (χ1v) is 8.56. The molecule has 2 fully saturated rings. The molecule has 114 valence electrons. The third-order valence-corrected chi connectivity index (χ3v) is 6.03. The molecule has 4 rings (SSSR count). The van der Waals surface area contributed by atoms with Gasteiger partial charge in [0.1, 0.15) is 0 Å². The largest absolute Gasteiger partial charge is 0.481 e. The van der Waals surface area contributed by atoms with Crippen molar-refractivity contribution in [3.05, 3.63) is 35.7 Å². The number of benzene rings is 1. The van der Waals surface area contributed by atoms with E-state index in [0.29, 0.717) is 6.54 Å². The maximum atomic E-state index is 11.8. The fourth-order valence-electron chi connectivity index (χ4n) is 3.94. The van der Waals surface area contributed by atoms with Crippen LogP contribution in [0.25, 0.3) is 11.3 Å². The summed E-state index contributed by atoms with van der Waals surface area (Å²) in [6.07, 6.45) is 2.87. The molecule has 2 aromatic rings. The molecular formula is C17H18N2O2S. The van der Waals surface area contributed by atoms with Crippen molar-refractivity contribution in [2.24, 2.45) is 11.3 Å². The van der Waals surface area contributed by atoms with Crippen molar-refractivity contribution in [3.8, 4) is 11.3 Å². The standard InChI is InChI=1S/C17H18N2O2S/c20-15(21)17-8-4-7-13(17)9-19(11-17)16-18-14(10-22-16)12-5-2-1-3-6-12/h1-3,5-6,10,13H,4,7-9,11H2,(H,20,21)/t13-,17+/m0/s1. The third kappa shape index (κ3) is 2.03. The van der Waals surface area contributed by atoms with Gasteiger partial charge in [-0.3, -0.25) is 4.79 Å². The topological polar surface area (TPSA) is 53.4 Å². The third-order valence-electron chi connectivity index (χ3n) is 5.13. The first kappa shape index (κ1) is 13.8. The predicted molar refractivity (Wildman–Crippen MR) is 87.2 cm³/mol. The highest BCUT2D eigenvalue weighted by Crippen LogP contribution is 2.50. The molecule has 0 amide bonds. The zero-order valence-electron chi connectivity index (χ0n) is 12.2. The zero-order valence-corrected chi connectivity index (χ0v) is 13.1. The Bertz CT molecular complexity index is 700. The molecule has 1 aromatic heterocycles. The van der Waals surface area contributed by atoms with Gasteiger partial charge in [0.15, 0.2) is 5.13 Å². The van der Waals surface area contributed by atoms with Crippen LogP contribution >= 0.6 is 11.3 Å². The summed E-state index contributed by atoms with van der Waals surface area (Å²) in [7, 11) is 0. The van der Waals surface area contributed by atoms with Gasteiger partial charge in [-0.15, -0.1) is 11.3 Å². The van der Waals surface area contributed by atoms with Gasteiger partial charge in [-0.05, 0) is 18.8 Å². The molecule has 0 unspecified atom stereocenters. The number of aromatic nitrogens is 1. The molecule has 1 N–H and O–H groups in total. The van der Waals surface area contributed by atoms with Gasteiger partial charge in [0.05, 0.1) is 11.1 Å². The number of anilines is 1. The summed E-state index contributed by atoms with van der Waals surface area (Å²) in [5, 5.41) is 12.7. The van der Waals surface area contributed by atoms with E-state index in [-0.39, 0.29) is 5.92 Å². The van der Waals surface area contributed by atoms with Gasteiger partial charge < -0.3 is 10.0 Å². The van der Waals surface area contributed by atoms with Crippen LogP contribution in [0.15, 0.2) is 35.7 Å². The fraction of sp³-hybridized carbons (Fsp3) is 0.412. The van der Waals surface area contributed by atoms with Crippen LogP contribution in [0.1, 0.15) is 19.3 Å². The summed E-state index contributed by atoms with van der Waals surface area (Å²) in [5.74, 6) is -0.355. The van der Waals surface area contributed by atoms with Crippen LogP contribution in [0.4, 0.5) is 5.13 Å². The van der Waals surface area contributed by atoms with E-state index in [0.717, 1.165) is 42.2 Å². The van der Waals surface area contributed by atoms with Crippen molar-refractivity contribution in [1.29, 1.82) is 0 Å². The number of hydrogen-bond donors (Lipinski definition) is 1. The summed E-state index contributed by atoms with van der Waals surface area (Å²) >= 11 is 1.61. The van der Waals surface area contributed by atoms with E-state index in [1.807, 2.05) is 18.2 Å². The van der Waals surface area contributed by atoms with E-state index in [4.69, 9.17) is 4.98 Å². The van der Waals surface area contributed by atoms with E-state index in [1.54, 1.807) is 11.3 Å². The molecule has 5 heteroatoms. The molecule has 4 nitrogen and oxygen atoms in total. The molecule has 1 saturated heterocycles. The highest BCUT2D eigenvalue weighted by molar-refractivity contribution is 7.14. The average Bonchev–Trinajstić information content (AvgIpc) is 3.21. The second-order valence-electron chi connectivity index (χ2n) is 6.31. The van der Waals surface area contributed by atoms with Gasteiger partial charge in [-0.25, -0.2) is 4.98 Å². The lowest BCUT2D eigenvalue weighted by Crippen LogP contribution is -2.35. The monoisotopic (exact) mass is 314 g/mol. The number of carboxylic acids is 1. The number of carboxylic acid groups (broad SMARTS) is 1. The molecule has 1 aliphatic heterocycles. The zero-order chi connectivity index (χ0) is 15.2. The van der Waals surface area contributed by atoms with Gasteiger partial charge in [-0.2, -0.15) is 0 Å².